The Morgan fingerprint density at radius 3 is 2.50 bits per heavy atom. The Balaban J connectivity index is 1.82. The van der Waals surface area contributed by atoms with Crippen molar-refractivity contribution in [2.75, 3.05) is 0 Å². The van der Waals surface area contributed by atoms with Gasteiger partial charge < -0.3 is 10.2 Å². The predicted molar refractivity (Wildman–Crippen MR) is 93.9 cm³/mol. The first kappa shape index (κ1) is 18.1. The van der Waals surface area contributed by atoms with Crippen LogP contribution in [0.5, 0.6) is 0 Å². The molecule has 0 aromatic carbocycles. The summed E-state index contributed by atoms with van der Waals surface area (Å²) in [6.07, 6.45) is 6.03. The minimum absolute atomic E-state index is 0.183. The van der Waals surface area contributed by atoms with Crippen LogP contribution in [0.2, 0.25) is 0 Å². The average Bonchev–Trinajstić information content (AvgIpc) is 2.80. The van der Waals surface area contributed by atoms with Gasteiger partial charge in [0.1, 0.15) is 0 Å². The fourth-order valence-corrected chi connectivity index (χ4v) is 6.83. The van der Waals surface area contributed by atoms with Crippen molar-refractivity contribution < 1.29 is 24.6 Å². The summed E-state index contributed by atoms with van der Waals surface area (Å²) < 4.78 is 0. The number of hydrogen-bond acceptors (Lipinski definition) is 5. The van der Waals surface area contributed by atoms with Crippen LogP contribution in [0.25, 0.3) is 0 Å². The van der Waals surface area contributed by atoms with E-state index in [0.717, 1.165) is 31.3 Å². The van der Waals surface area contributed by atoms with Gasteiger partial charge in [-0.1, -0.05) is 32.3 Å². The Morgan fingerprint density at radius 2 is 1.81 bits per heavy atom. The highest BCUT2D eigenvalue weighted by Crippen LogP contribution is 2.63. The normalized spacial score (nSPS) is 42.6. The maximum Gasteiger partial charge on any atom is 0.225 e. The van der Waals surface area contributed by atoms with Crippen LogP contribution in [-0.4, -0.2) is 33.9 Å². The zero-order chi connectivity index (χ0) is 18.9. The molecule has 3 saturated carbocycles. The number of ketones is 3. The van der Waals surface area contributed by atoms with Gasteiger partial charge in [-0.05, 0) is 55.8 Å². The molecule has 2 N–H and O–H groups in total. The summed E-state index contributed by atoms with van der Waals surface area (Å²) in [7, 11) is 0. The highest BCUT2D eigenvalue weighted by Gasteiger charge is 2.62. The first-order chi connectivity index (χ1) is 12.2. The molecular formula is C21H28O5. The first-order valence-electron chi connectivity index (χ1n) is 9.93. The van der Waals surface area contributed by atoms with Crippen molar-refractivity contribution in [3.8, 4) is 0 Å². The fourth-order valence-electron chi connectivity index (χ4n) is 6.83. The quantitative estimate of drug-likeness (QED) is 0.448. The SMILES string of the molecule is C[C@]12CC[C@H]3C(=C1C(=O)C(=O)[C@@H]2C(=O)C(O)O)CCC1CCCC[C@@]13C. The smallest absolute Gasteiger partial charge is 0.225 e. The van der Waals surface area contributed by atoms with Crippen LogP contribution >= 0.6 is 0 Å². The van der Waals surface area contributed by atoms with Crippen LogP contribution in [0.4, 0.5) is 0 Å². The average molecular weight is 360 g/mol. The van der Waals surface area contributed by atoms with Crippen LogP contribution in [0.3, 0.4) is 0 Å². The number of rotatable bonds is 2. The number of carbonyl (C=O) groups is 3. The van der Waals surface area contributed by atoms with Crippen molar-refractivity contribution in [1.82, 2.24) is 0 Å². The van der Waals surface area contributed by atoms with Crippen LogP contribution < -0.4 is 0 Å². The minimum atomic E-state index is -2.21. The molecule has 0 aromatic heterocycles. The molecule has 4 aliphatic rings. The summed E-state index contributed by atoms with van der Waals surface area (Å²) in [5.74, 6) is -2.48. The molecule has 0 heterocycles. The summed E-state index contributed by atoms with van der Waals surface area (Å²) in [6, 6.07) is 0. The zero-order valence-electron chi connectivity index (χ0n) is 15.6. The van der Waals surface area contributed by atoms with Crippen LogP contribution in [-0.2, 0) is 14.4 Å². The predicted octanol–water partition coefficient (Wildman–Crippen LogP) is 2.34. The number of aliphatic hydroxyl groups excluding tert-OH is 1. The molecule has 0 bridgehead atoms. The molecule has 0 amide bonds. The lowest BCUT2D eigenvalue weighted by molar-refractivity contribution is -0.156. The van der Waals surface area contributed by atoms with Gasteiger partial charge in [0.2, 0.25) is 17.9 Å². The third-order valence-electron chi connectivity index (χ3n) is 8.16. The lowest BCUT2D eigenvalue weighted by Crippen LogP contribution is -2.47. The van der Waals surface area contributed by atoms with E-state index in [-0.39, 0.29) is 5.41 Å². The van der Waals surface area contributed by atoms with Crippen molar-refractivity contribution in [2.45, 2.75) is 71.5 Å². The molecule has 0 aliphatic heterocycles. The van der Waals surface area contributed by atoms with E-state index in [1.807, 2.05) is 0 Å². The minimum Gasteiger partial charge on any atom is -0.362 e. The molecule has 0 saturated heterocycles. The second-order valence-electron chi connectivity index (χ2n) is 9.30. The summed E-state index contributed by atoms with van der Waals surface area (Å²) in [4.78, 5) is 37.8. The number of hydrogen-bond donors (Lipinski definition) is 2. The lowest BCUT2D eigenvalue weighted by Gasteiger charge is -2.55. The molecule has 5 nitrogen and oxygen atoms in total. The number of Topliss-reactive ketones (excluding diaryl/α,β-unsaturated/α-hetero) is 3. The molecule has 4 rings (SSSR count). The maximum atomic E-state index is 12.9. The molecule has 0 radical (unpaired) electrons. The number of aliphatic hydroxyl groups is 2. The van der Waals surface area contributed by atoms with E-state index >= 15 is 0 Å². The van der Waals surface area contributed by atoms with Gasteiger partial charge in [-0.2, -0.15) is 0 Å². The summed E-state index contributed by atoms with van der Waals surface area (Å²) >= 11 is 0. The van der Waals surface area contributed by atoms with Gasteiger partial charge >= 0.3 is 0 Å². The molecule has 0 spiro atoms. The standard InChI is InChI=1S/C21H28O5/c1-20-9-4-3-5-11(20)6-7-12-13(20)8-10-21(2)14(12)16(22)17(23)15(21)18(24)19(25)26/h11,13,15,19,25-26H,3-10H2,1-2H3/t11?,13-,15+,20-,21-/m0/s1. The highest BCUT2D eigenvalue weighted by atomic mass is 16.5. The van der Waals surface area contributed by atoms with E-state index in [4.69, 9.17) is 0 Å². The number of carbonyl (C=O) groups excluding carboxylic acids is 3. The Bertz CT molecular complexity index is 720. The van der Waals surface area contributed by atoms with Crippen LogP contribution in [0, 0.1) is 28.6 Å². The van der Waals surface area contributed by atoms with E-state index in [9.17, 15) is 24.6 Å². The molecule has 4 aliphatic carbocycles. The molecule has 142 valence electrons. The summed E-state index contributed by atoms with van der Waals surface area (Å²) in [5, 5.41) is 18.7. The molecule has 3 fully saturated rings. The van der Waals surface area contributed by atoms with Crippen LogP contribution in [0.1, 0.15) is 65.2 Å². The highest BCUT2D eigenvalue weighted by molar-refractivity contribution is 6.50. The van der Waals surface area contributed by atoms with E-state index < -0.39 is 35.0 Å². The van der Waals surface area contributed by atoms with Crippen molar-refractivity contribution in [3.05, 3.63) is 11.1 Å². The second kappa shape index (κ2) is 5.83. The Labute approximate surface area is 153 Å². The first-order valence-corrected chi connectivity index (χ1v) is 9.93. The molecular weight excluding hydrogens is 332 g/mol. The van der Waals surface area contributed by atoms with Gasteiger partial charge in [-0.3, -0.25) is 14.4 Å². The van der Waals surface area contributed by atoms with Crippen molar-refractivity contribution in [1.29, 1.82) is 0 Å². The molecule has 0 aromatic rings. The van der Waals surface area contributed by atoms with E-state index in [1.54, 1.807) is 6.92 Å². The zero-order valence-corrected chi connectivity index (χ0v) is 15.6. The Morgan fingerprint density at radius 1 is 1.08 bits per heavy atom. The number of fused-ring (bicyclic) bond motifs is 4. The Kier molecular flexibility index (Phi) is 4.05. The monoisotopic (exact) mass is 360 g/mol. The van der Waals surface area contributed by atoms with Crippen LogP contribution in [0.15, 0.2) is 11.1 Å². The van der Waals surface area contributed by atoms with Gasteiger partial charge in [0.15, 0.2) is 5.78 Å². The third-order valence-corrected chi connectivity index (χ3v) is 8.16. The van der Waals surface area contributed by atoms with Gasteiger partial charge in [0.05, 0.1) is 5.92 Å². The Hall–Kier alpha value is -1.33. The van der Waals surface area contributed by atoms with Gasteiger partial charge in [0.25, 0.3) is 0 Å². The van der Waals surface area contributed by atoms with Gasteiger partial charge in [-0.15, -0.1) is 0 Å². The van der Waals surface area contributed by atoms with Crippen molar-refractivity contribution in [3.63, 3.8) is 0 Å². The summed E-state index contributed by atoms with van der Waals surface area (Å²) in [6.45, 7) is 4.15. The summed E-state index contributed by atoms with van der Waals surface area (Å²) in [5.41, 5.74) is 0.948. The molecule has 5 heteroatoms. The van der Waals surface area contributed by atoms with Crippen molar-refractivity contribution in [2.24, 2.45) is 28.6 Å². The second-order valence-corrected chi connectivity index (χ2v) is 9.30. The number of allylic oxidation sites excluding steroid dienone is 2. The van der Waals surface area contributed by atoms with Crippen molar-refractivity contribution >= 4 is 17.3 Å². The van der Waals surface area contributed by atoms with E-state index in [1.165, 1.54) is 19.3 Å². The third kappa shape index (κ3) is 2.19. The fraction of sp³-hybridized carbons (Fsp3) is 0.762. The molecule has 1 unspecified atom stereocenters. The van der Waals surface area contributed by atoms with E-state index in [2.05, 4.69) is 6.92 Å². The van der Waals surface area contributed by atoms with Gasteiger partial charge in [-0.25, -0.2) is 0 Å². The largest absolute Gasteiger partial charge is 0.362 e. The topological polar surface area (TPSA) is 91.7 Å². The lowest BCUT2D eigenvalue weighted by atomic mass is 9.49. The molecule has 26 heavy (non-hydrogen) atoms. The van der Waals surface area contributed by atoms with Gasteiger partial charge in [0, 0.05) is 11.0 Å². The molecule has 5 atom stereocenters. The van der Waals surface area contributed by atoms with E-state index in [0.29, 0.717) is 23.8 Å². The maximum absolute atomic E-state index is 12.9.